The van der Waals surface area contributed by atoms with Gasteiger partial charge in [-0.05, 0) is 18.1 Å². The predicted molar refractivity (Wildman–Crippen MR) is 106 cm³/mol. The van der Waals surface area contributed by atoms with Gasteiger partial charge in [0.2, 0.25) is 0 Å². The van der Waals surface area contributed by atoms with E-state index >= 15 is 4.39 Å². The molecule has 0 amide bonds. The molecule has 0 bridgehead atoms. The topological polar surface area (TPSA) is 160 Å². The van der Waals surface area contributed by atoms with Gasteiger partial charge >= 0.3 is 5.97 Å². The van der Waals surface area contributed by atoms with E-state index in [0.717, 1.165) is 6.20 Å². The summed E-state index contributed by atoms with van der Waals surface area (Å²) in [5.41, 5.74) is 1.91. The van der Waals surface area contributed by atoms with Crippen LogP contribution in [0.4, 0.5) is 4.39 Å². The lowest BCUT2D eigenvalue weighted by atomic mass is 9.59. The molecule has 2 heterocycles. The van der Waals surface area contributed by atoms with Gasteiger partial charge in [-0.25, -0.2) is 4.39 Å². The summed E-state index contributed by atoms with van der Waals surface area (Å²) >= 11 is 4.93. The van der Waals surface area contributed by atoms with Gasteiger partial charge in [0.05, 0.1) is 17.6 Å². The van der Waals surface area contributed by atoms with Crippen LogP contribution < -0.4 is 11.3 Å². The SMILES string of the molecule is [B]C([B])(OC(=O)[C@@H](N)C(C)C)[C@@]1(F)O[C@@]([B])(n2cc(CO)c(=O)[nH]c2=S)[C@H](O)[C@@H]1O. The first-order chi connectivity index (χ1) is 13.6. The fourth-order valence-corrected chi connectivity index (χ4v) is 3.04. The second kappa shape index (κ2) is 8.21. The molecule has 2 rings (SSSR count). The van der Waals surface area contributed by atoms with Crippen LogP contribution in [0, 0.1) is 10.7 Å². The van der Waals surface area contributed by atoms with Crippen molar-refractivity contribution in [1.29, 1.82) is 0 Å². The van der Waals surface area contributed by atoms with E-state index in [1.807, 2.05) is 0 Å². The van der Waals surface area contributed by atoms with Crippen LogP contribution in [0.5, 0.6) is 0 Å². The smallest absolute Gasteiger partial charge is 0.322 e. The first-order valence-electron chi connectivity index (χ1n) is 8.68. The van der Waals surface area contributed by atoms with E-state index in [1.54, 1.807) is 13.8 Å². The zero-order chi connectivity index (χ0) is 23.2. The number of nitrogens with two attached hydrogens (primary N) is 1. The number of nitrogens with zero attached hydrogens (tertiary/aromatic N) is 1. The van der Waals surface area contributed by atoms with Crippen molar-refractivity contribution in [1.82, 2.24) is 9.55 Å². The molecule has 1 aromatic rings. The molecule has 10 nitrogen and oxygen atoms in total. The standard InChI is InChI=1S/C15H19B3FN3O7S/c1-5(2)7(20)11(27)28-15(17,18)13(19)8(24)9(25)14(16,29-13)22-3-6(4-23)10(26)21-12(22)30/h3,5,7-9,23-25H,4,20H2,1-2H3,(H,21,26,30)/t7-,8-,9+,13-,14-/m0/s1. The van der Waals surface area contributed by atoms with E-state index in [2.05, 4.69) is 4.98 Å². The molecular formula is C15H19B3FN3O7S. The highest BCUT2D eigenvalue weighted by molar-refractivity contribution is 7.71. The lowest BCUT2D eigenvalue weighted by molar-refractivity contribution is -0.250. The Kier molecular flexibility index (Phi) is 6.77. The van der Waals surface area contributed by atoms with Gasteiger partial charge < -0.3 is 35.1 Å². The quantitative estimate of drug-likeness (QED) is 0.179. The monoisotopic (exact) mass is 437 g/mol. The van der Waals surface area contributed by atoms with Gasteiger partial charge in [-0.3, -0.25) is 14.6 Å². The number of carbonyl (C=O) groups excluding carboxylic acids is 1. The van der Waals surface area contributed by atoms with Crippen LogP contribution in [0.15, 0.2) is 11.0 Å². The number of aromatic amines is 1. The van der Waals surface area contributed by atoms with E-state index in [-0.39, 0.29) is 5.56 Å². The van der Waals surface area contributed by atoms with Gasteiger partial charge in [0, 0.05) is 6.20 Å². The number of aliphatic hydroxyl groups excluding tert-OH is 3. The Morgan fingerprint density at radius 2 is 2.07 bits per heavy atom. The maximum absolute atomic E-state index is 15.7. The average molecular weight is 437 g/mol. The largest absolute Gasteiger partial charge is 0.473 e. The summed E-state index contributed by atoms with van der Waals surface area (Å²) in [7, 11) is 17.1. The highest BCUT2D eigenvalue weighted by atomic mass is 32.1. The summed E-state index contributed by atoms with van der Waals surface area (Å²) in [4.78, 5) is 26.0. The zero-order valence-electron chi connectivity index (χ0n) is 16.1. The number of carbonyl (C=O) groups is 1. The lowest BCUT2D eigenvalue weighted by Gasteiger charge is -2.41. The molecule has 15 heteroatoms. The molecule has 1 aliphatic rings. The highest BCUT2D eigenvalue weighted by Crippen LogP contribution is 2.46. The normalized spacial score (nSPS) is 30.4. The van der Waals surface area contributed by atoms with E-state index in [4.69, 9.17) is 51.0 Å². The van der Waals surface area contributed by atoms with Crippen LogP contribution in [0.1, 0.15) is 19.4 Å². The molecule has 5 atom stereocenters. The average Bonchev–Trinajstić information content (AvgIpc) is 2.82. The van der Waals surface area contributed by atoms with E-state index in [0.29, 0.717) is 4.57 Å². The van der Waals surface area contributed by atoms with Crippen LogP contribution in [-0.2, 0) is 26.5 Å². The van der Waals surface area contributed by atoms with E-state index in [9.17, 15) is 24.9 Å². The Bertz CT molecular complexity index is 945. The lowest BCUT2D eigenvalue weighted by Crippen LogP contribution is -2.62. The number of rotatable bonds is 6. The van der Waals surface area contributed by atoms with Gasteiger partial charge in [0.15, 0.2) is 4.77 Å². The third kappa shape index (κ3) is 3.89. The molecule has 0 saturated carbocycles. The summed E-state index contributed by atoms with van der Waals surface area (Å²) in [5, 5.41) is 26.8. The number of esters is 1. The number of nitrogens with one attached hydrogen (secondary N) is 1. The first-order valence-corrected chi connectivity index (χ1v) is 9.09. The fraction of sp³-hybridized carbons (Fsp3) is 0.667. The maximum atomic E-state index is 15.7. The third-order valence-corrected chi connectivity index (χ3v) is 5.07. The van der Waals surface area contributed by atoms with Gasteiger partial charge in [0.25, 0.3) is 11.4 Å². The van der Waals surface area contributed by atoms with Crippen molar-refractivity contribution < 1.29 is 34.0 Å². The van der Waals surface area contributed by atoms with Crippen LogP contribution >= 0.6 is 12.2 Å². The number of halogens is 1. The van der Waals surface area contributed by atoms with E-state index in [1.165, 1.54) is 0 Å². The number of hydrogen-bond acceptors (Lipinski definition) is 9. The van der Waals surface area contributed by atoms with Crippen LogP contribution in [0.25, 0.3) is 0 Å². The summed E-state index contributed by atoms with van der Waals surface area (Å²) in [6.07, 6.45) is -3.92. The Balaban J connectivity index is 2.50. The Hall–Kier alpha value is -1.51. The molecule has 6 N–H and O–H groups in total. The van der Waals surface area contributed by atoms with Crippen molar-refractivity contribution >= 4 is 41.7 Å². The number of aromatic nitrogens is 2. The van der Waals surface area contributed by atoms with E-state index < -0.39 is 64.0 Å². The summed E-state index contributed by atoms with van der Waals surface area (Å²) in [6.45, 7) is 2.40. The Morgan fingerprint density at radius 3 is 2.57 bits per heavy atom. The molecule has 158 valence electrons. The minimum absolute atomic E-state index is 0.267. The van der Waals surface area contributed by atoms with Gasteiger partial charge in [-0.1, -0.05) is 13.8 Å². The number of hydrogen-bond donors (Lipinski definition) is 5. The van der Waals surface area contributed by atoms with Crippen molar-refractivity contribution in [3.63, 3.8) is 0 Å². The van der Waals surface area contributed by atoms with Crippen LogP contribution in [0.3, 0.4) is 0 Å². The van der Waals surface area contributed by atoms with Crippen molar-refractivity contribution in [3.05, 3.63) is 26.9 Å². The molecule has 1 fully saturated rings. The molecule has 1 aromatic heterocycles. The minimum Gasteiger partial charge on any atom is -0.473 e. The van der Waals surface area contributed by atoms with Crippen molar-refractivity contribution in [2.45, 2.75) is 55.6 Å². The highest BCUT2D eigenvalue weighted by Gasteiger charge is 2.68. The second-order valence-electron chi connectivity index (χ2n) is 7.31. The molecular weight excluding hydrogens is 418 g/mol. The molecule has 1 aliphatic heterocycles. The number of aliphatic hydroxyl groups is 3. The van der Waals surface area contributed by atoms with Crippen molar-refractivity contribution in [3.8, 4) is 0 Å². The van der Waals surface area contributed by atoms with Crippen LogP contribution in [0.2, 0.25) is 0 Å². The Morgan fingerprint density at radius 1 is 1.50 bits per heavy atom. The predicted octanol–water partition coefficient (Wildman–Crippen LogP) is -2.89. The fourth-order valence-electron chi connectivity index (χ4n) is 2.75. The van der Waals surface area contributed by atoms with Gasteiger partial charge in [-0.2, -0.15) is 0 Å². The molecule has 30 heavy (non-hydrogen) atoms. The summed E-state index contributed by atoms with van der Waals surface area (Å²) < 4.78 is 25.6. The molecule has 1 saturated heterocycles. The number of alkyl halides is 1. The van der Waals surface area contributed by atoms with Crippen molar-refractivity contribution in [2.75, 3.05) is 0 Å². The zero-order valence-corrected chi connectivity index (χ0v) is 16.9. The minimum atomic E-state index is -3.64. The molecule has 0 unspecified atom stereocenters. The Labute approximate surface area is 179 Å². The molecule has 0 aromatic carbocycles. The van der Waals surface area contributed by atoms with Crippen LogP contribution in [-0.4, -0.2) is 83.9 Å². The number of ether oxygens (including phenoxy) is 2. The molecule has 0 aliphatic carbocycles. The second-order valence-corrected chi connectivity index (χ2v) is 7.70. The maximum Gasteiger partial charge on any atom is 0.322 e. The summed E-state index contributed by atoms with van der Waals surface area (Å²) in [5.74, 6) is -5.26. The molecule has 0 spiro atoms. The summed E-state index contributed by atoms with van der Waals surface area (Å²) in [6, 6.07) is -1.23. The molecule has 6 radical (unpaired) electrons. The van der Waals surface area contributed by atoms with Gasteiger partial charge in [0.1, 0.15) is 47.4 Å². The van der Waals surface area contributed by atoms with Gasteiger partial charge in [-0.15, -0.1) is 0 Å². The third-order valence-electron chi connectivity index (χ3n) is 4.77. The number of H-pyrrole nitrogens is 1. The van der Waals surface area contributed by atoms with Crippen molar-refractivity contribution in [2.24, 2.45) is 11.7 Å². The first kappa shape index (κ1) is 24.8.